The molecule has 4 rings (SSSR count). The van der Waals surface area contributed by atoms with E-state index in [1.807, 2.05) is 66.7 Å². The Morgan fingerprint density at radius 2 is 1.41 bits per heavy atom. The molecule has 3 nitrogen and oxygen atoms in total. The number of anilines is 1. The predicted molar refractivity (Wildman–Crippen MR) is 110 cm³/mol. The number of aromatic nitrogens is 1. The van der Waals surface area contributed by atoms with Crippen LogP contribution in [-0.2, 0) is 4.79 Å². The second kappa shape index (κ2) is 7.83. The Bertz CT molecular complexity index is 1000. The number of amides is 1. The predicted octanol–water partition coefficient (Wildman–Crippen LogP) is 5.40. The summed E-state index contributed by atoms with van der Waals surface area (Å²) in [6, 6.07) is 30.0. The van der Waals surface area contributed by atoms with Crippen LogP contribution in [0.15, 0.2) is 97.2 Å². The second-order valence-corrected chi connectivity index (χ2v) is 6.51. The highest BCUT2D eigenvalue weighted by Crippen LogP contribution is 2.29. The summed E-state index contributed by atoms with van der Waals surface area (Å²) >= 11 is 0. The van der Waals surface area contributed by atoms with Gasteiger partial charge >= 0.3 is 0 Å². The highest BCUT2D eigenvalue weighted by molar-refractivity contribution is 6.00. The Labute approximate surface area is 158 Å². The van der Waals surface area contributed by atoms with Crippen LogP contribution in [0.1, 0.15) is 23.5 Å². The maximum absolute atomic E-state index is 12.9. The molecule has 3 heteroatoms. The largest absolute Gasteiger partial charge is 0.324 e. The van der Waals surface area contributed by atoms with Crippen molar-refractivity contribution < 1.29 is 4.79 Å². The number of hydrogen-bond acceptors (Lipinski definition) is 2. The molecule has 0 aliphatic carbocycles. The van der Waals surface area contributed by atoms with Gasteiger partial charge in [0.25, 0.3) is 0 Å². The van der Waals surface area contributed by atoms with Gasteiger partial charge in [-0.15, -0.1) is 0 Å². The molecule has 0 fully saturated rings. The molecule has 0 aliphatic heterocycles. The number of benzene rings is 3. The van der Waals surface area contributed by atoms with E-state index in [0.717, 1.165) is 27.7 Å². The zero-order chi connectivity index (χ0) is 18.5. The molecule has 27 heavy (non-hydrogen) atoms. The molecule has 0 radical (unpaired) electrons. The van der Waals surface area contributed by atoms with Gasteiger partial charge < -0.3 is 5.32 Å². The minimum Gasteiger partial charge on any atom is -0.324 e. The summed E-state index contributed by atoms with van der Waals surface area (Å²) < 4.78 is 0. The van der Waals surface area contributed by atoms with E-state index in [9.17, 15) is 4.79 Å². The standard InChI is InChI=1S/C24H20N2O/c27-23(26-22-15-7-13-20-14-8-16-25-24(20)22)17-21(18-9-3-1-4-10-18)19-11-5-2-6-12-19/h1-16,21H,17H2,(H,26,27). The van der Waals surface area contributed by atoms with Gasteiger partial charge in [0.15, 0.2) is 0 Å². The lowest BCUT2D eigenvalue weighted by Gasteiger charge is -2.18. The number of para-hydroxylation sites is 1. The Morgan fingerprint density at radius 3 is 2.07 bits per heavy atom. The average molecular weight is 352 g/mol. The van der Waals surface area contributed by atoms with E-state index in [4.69, 9.17) is 0 Å². The molecule has 0 unspecified atom stereocenters. The van der Waals surface area contributed by atoms with Crippen molar-refractivity contribution in [2.24, 2.45) is 0 Å². The van der Waals surface area contributed by atoms with Gasteiger partial charge in [-0.25, -0.2) is 0 Å². The lowest BCUT2D eigenvalue weighted by molar-refractivity contribution is -0.116. The van der Waals surface area contributed by atoms with Gasteiger partial charge in [-0.1, -0.05) is 78.9 Å². The van der Waals surface area contributed by atoms with Crippen LogP contribution in [-0.4, -0.2) is 10.9 Å². The third kappa shape index (κ3) is 3.87. The normalized spacial score (nSPS) is 10.9. The Morgan fingerprint density at radius 1 is 0.778 bits per heavy atom. The first-order valence-electron chi connectivity index (χ1n) is 9.05. The molecule has 3 aromatic carbocycles. The number of nitrogens with one attached hydrogen (secondary N) is 1. The third-order valence-electron chi connectivity index (χ3n) is 4.70. The molecule has 0 atom stereocenters. The van der Waals surface area contributed by atoms with Gasteiger partial charge in [0.05, 0.1) is 11.2 Å². The molecule has 1 N–H and O–H groups in total. The molecule has 0 bridgehead atoms. The van der Waals surface area contributed by atoms with Crippen molar-refractivity contribution in [3.8, 4) is 0 Å². The first kappa shape index (κ1) is 17.0. The zero-order valence-electron chi connectivity index (χ0n) is 14.9. The highest BCUT2D eigenvalue weighted by Gasteiger charge is 2.18. The van der Waals surface area contributed by atoms with E-state index < -0.39 is 0 Å². The molecule has 1 amide bonds. The van der Waals surface area contributed by atoms with Gasteiger partial charge in [0.1, 0.15) is 0 Å². The van der Waals surface area contributed by atoms with Gasteiger partial charge in [-0.2, -0.15) is 0 Å². The topological polar surface area (TPSA) is 42.0 Å². The van der Waals surface area contributed by atoms with Gasteiger partial charge in [-0.05, 0) is 23.3 Å². The number of carbonyl (C=O) groups excluding carboxylic acids is 1. The van der Waals surface area contributed by atoms with E-state index >= 15 is 0 Å². The first-order valence-corrected chi connectivity index (χ1v) is 9.05. The van der Waals surface area contributed by atoms with Crippen LogP contribution < -0.4 is 5.32 Å². The maximum Gasteiger partial charge on any atom is 0.225 e. The van der Waals surface area contributed by atoms with Crippen LogP contribution in [0.5, 0.6) is 0 Å². The Balaban J connectivity index is 1.60. The quantitative estimate of drug-likeness (QED) is 0.523. The van der Waals surface area contributed by atoms with Gasteiger partial charge in [0.2, 0.25) is 5.91 Å². The summed E-state index contributed by atoms with van der Waals surface area (Å²) in [5.41, 5.74) is 3.83. The molecule has 0 aliphatic rings. The minimum atomic E-state index is -0.0224. The SMILES string of the molecule is O=C(CC(c1ccccc1)c1ccccc1)Nc1cccc2cccnc12. The number of carbonyl (C=O) groups is 1. The van der Waals surface area contributed by atoms with E-state index in [-0.39, 0.29) is 11.8 Å². The van der Waals surface area contributed by atoms with E-state index in [1.54, 1.807) is 6.20 Å². The molecular weight excluding hydrogens is 332 g/mol. The summed E-state index contributed by atoms with van der Waals surface area (Å²) in [5.74, 6) is -0.0128. The van der Waals surface area contributed by atoms with Crippen LogP contribution in [0.25, 0.3) is 10.9 Å². The van der Waals surface area contributed by atoms with Crippen molar-refractivity contribution in [1.29, 1.82) is 0 Å². The van der Waals surface area contributed by atoms with Crippen LogP contribution in [0.4, 0.5) is 5.69 Å². The molecule has 0 spiro atoms. The number of rotatable bonds is 5. The first-order chi connectivity index (χ1) is 13.3. The summed E-state index contributed by atoms with van der Waals surface area (Å²) in [5, 5.41) is 4.07. The van der Waals surface area contributed by atoms with Crippen LogP contribution in [0.3, 0.4) is 0 Å². The summed E-state index contributed by atoms with van der Waals surface area (Å²) in [7, 11) is 0. The van der Waals surface area contributed by atoms with Crippen molar-refractivity contribution in [2.45, 2.75) is 12.3 Å². The van der Waals surface area contributed by atoms with E-state index in [0.29, 0.717) is 6.42 Å². The van der Waals surface area contributed by atoms with Crippen molar-refractivity contribution in [3.63, 3.8) is 0 Å². The summed E-state index contributed by atoms with van der Waals surface area (Å²) in [6.45, 7) is 0. The maximum atomic E-state index is 12.9. The lowest BCUT2D eigenvalue weighted by atomic mass is 9.88. The fraction of sp³-hybridized carbons (Fsp3) is 0.0833. The second-order valence-electron chi connectivity index (χ2n) is 6.51. The van der Waals surface area contributed by atoms with Crippen molar-refractivity contribution in [3.05, 3.63) is 108 Å². The minimum absolute atomic E-state index is 0.00957. The number of hydrogen-bond donors (Lipinski definition) is 1. The molecule has 0 saturated heterocycles. The average Bonchev–Trinajstić information content (AvgIpc) is 2.73. The zero-order valence-corrected chi connectivity index (χ0v) is 14.9. The monoisotopic (exact) mass is 352 g/mol. The smallest absolute Gasteiger partial charge is 0.225 e. The van der Waals surface area contributed by atoms with Crippen molar-refractivity contribution in [1.82, 2.24) is 4.98 Å². The summed E-state index contributed by atoms with van der Waals surface area (Å²) in [4.78, 5) is 17.3. The third-order valence-corrected chi connectivity index (χ3v) is 4.70. The molecular formula is C24H20N2O. The van der Waals surface area contributed by atoms with E-state index in [2.05, 4.69) is 34.6 Å². The highest BCUT2D eigenvalue weighted by atomic mass is 16.1. The van der Waals surface area contributed by atoms with Crippen molar-refractivity contribution >= 4 is 22.5 Å². The molecule has 132 valence electrons. The number of pyridine rings is 1. The molecule has 0 saturated carbocycles. The molecule has 1 aromatic heterocycles. The van der Waals surface area contributed by atoms with Crippen LogP contribution >= 0.6 is 0 Å². The Hall–Kier alpha value is -3.46. The van der Waals surface area contributed by atoms with Gasteiger partial charge in [0, 0.05) is 23.9 Å². The van der Waals surface area contributed by atoms with Crippen molar-refractivity contribution in [2.75, 3.05) is 5.32 Å². The lowest BCUT2D eigenvalue weighted by Crippen LogP contribution is -2.16. The Kier molecular flexibility index (Phi) is 4.93. The van der Waals surface area contributed by atoms with Crippen LogP contribution in [0.2, 0.25) is 0 Å². The van der Waals surface area contributed by atoms with Crippen LogP contribution in [0, 0.1) is 0 Å². The fourth-order valence-corrected chi connectivity index (χ4v) is 3.39. The fourth-order valence-electron chi connectivity index (χ4n) is 3.39. The summed E-state index contributed by atoms with van der Waals surface area (Å²) in [6.07, 6.45) is 2.12. The van der Waals surface area contributed by atoms with E-state index in [1.165, 1.54) is 0 Å². The number of nitrogens with zero attached hydrogens (tertiary/aromatic N) is 1. The molecule has 4 aromatic rings. The van der Waals surface area contributed by atoms with Gasteiger partial charge in [-0.3, -0.25) is 9.78 Å². The number of fused-ring (bicyclic) bond motifs is 1. The molecule has 1 heterocycles.